The molecule has 0 saturated carbocycles. The first-order valence-corrected chi connectivity index (χ1v) is 5.70. The minimum atomic E-state index is -1.07. The molecule has 0 heterocycles. The number of carbonyl (C=O) groups is 2. The molecule has 0 spiro atoms. The van der Waals surface area contributed by atoms with Crippen LogP contribution in [0.3, 0.4) is 0 Å². The van der Waals surface area contributed by atoms with Crippen molar-refractivity contribution in [2.24, 2.45) is 0 Å². The molecule has 0 aliphatic rings. The van der Waals surface area contributed by atoms with Crippen molar-refractivity contribution in [2.75, 3.05) is 14.2 Å². The van der Waals surface area contributed by atoms with Crippen molar-refractivity contribution in [3.05, 3.63) is 23.8 Å². The number of rotatable bonds is 6. The zero-order valence-corrected chi connectivity index (χ0v) is 11.1. The smallest absolute Gasteiger partial charge is 0.325 e. The van der Waals surface area contributed by atoms with Gasteiger partial charge >= 0.3 is 5.97 Å². The van der Waals surface area contributed by atoms with Crippen molar-refractivity contribution in [3.63, 3.8) is 0 Å². The average molecular weight is 267 g/mol. The summed E-state index contributed by atoms with van der Waals surface area (Å²) in [4.78, 5) is 22.3. The second-order valence-electron chi connectivity index (χ2n) is 4.03. The lowest BCUT2D eigenvalue weighted by Crippen LogP contribution is -2.39. The number of aliphatic carboxylic acids is 1. The molecular weight excluding hydrogens is 250 g/mol. The predicted octanol–water partition coefficient (Wildman–Crippen LogP) is 0.836. The van der Waals surface area contributed by atoms with E-state index in [4.69, 9.17) is 14.6 Å². The van der Waals surface area contributed by atoms with E-state index in [2.05, 4.69) is 5.32 Å². The van der Waals surface area contributed by atoms with Gasteiger partial charge in [0.1, 0.15) is 17.5 Å². The number of benzene rings is 1. The SMILES string of the molecule is COc1cc(CC(=O)N[C@@H](C)C(=O)O)cc(OC)c1. The molecule has 2 N–H and O–H groups in total. The van der Waals surface area contributed by atoms with Crippen LogP contribution in [0.2, 0.25) is 0 Å². The third-order valence-electron chi connectivity index (χ3n) is 2.52. The lowest BCUT2D eigenvalue weighted by Gasteiger charge is -2.11. The zero-order chi connectivity index (χ0) is 14.4. The van der Waals surface area contributed by atoms with E-state index in [1.807, 2.05) is 0 Å². The summed E-state index contributed by atoms with van der Waals surface area (Å²) >= 11 is 0. The summed E-state index contributed by atoms with van der Waals surface area (Å²) in [5.74, 6) is -0.288. The first-order valence-electron chi connectivity index (χ1n) is 5.70. The van der Waals surface area contributed by atoms with Crippen LogP contribution in [0.1, 0.15) is 12.5 Å². The molecule has 1 aromatic rings. The lowest BCUT2D eigenvalue weighted by molar-refractivity contribution is -0.141. The fourth-order valence-corrected chi connectivity index (χ4v) is 1.51. The van der Waals surface area contributed by atoms with Crippen LogP contribution in [0.5, 0.6) is 11.5 Å². The Bertz CT molecular complexity index is 450. The van der Waals surface area contributed by atoms with Gasteiger partial charge in [-0.1, -0.05) is 0 Å². The van der Waals surface area contributed by atoms with Crippen molar-refractivity contribution < 1.29 is 24.2 Å². The number of carbonyl (C=O) groups excluding carboxylic acids is 1. The van der Waals surface area contributed by atoms with Gasteiger partial charge in [-0.3, -0.25) is 9.59 Å². The summed E-state index contributed by atoms with van der Waals surface area (Å²) in [6.45, 7) is 1.41. The summed E-state index contributed by atoms with van der Waals surface area (Å²) in [7, 11) is 3.04. The van der Waals surface area contributed by atoms with Gasteiger partial charge in [0.2, 0.25) is 5.91 Å². The Morgan fingerprint density at radius 3 is 2.16 bits per heavy atom. The Kier molecular flexibility index (Phi) is 5.17. The van der Waals surface area contributed by atoms with Gasteiger partial charge in [-0.2, -0.15) is 0 Å². The Labute approximate surface area is 111 Å². The molecule has 6 nitrogen and oxygen atoms in total. The number of amides is 1. The highest BCUT2D eigenvalue weighted by Crippen LogP contribution is 2.22. The van der Waals surface area contributed by atoms with Gasteiger partial charge in [0.25, 0.3) is 0 Å². The number of methoxy groups -OCH3 is 2. The number of hydrogen-bond acceptors (Lipinski definition) is 4. The van der Waals surface area contributed by atoms with Crippen LogP contribution in [0.4, 0.5) is 0 Å². The minimum absolute atomic E-state index is 0.0607. The molecule has 0 aliphatic heterocycles. The van der Waals surface area contributed by atoms with Crippen molar-refractivity contribution in [1.82, 2.24) is 5.32 Å². The van der Waals surface area contributed by atoms with Crippen molar-refractivity contribution >= 4 is 11.9 Å². The standard InChI is InChI=1S/C13H17NO5/c1-8(13(16)17)14-12(15)6-9-4-10(18-2)7-11(5-9)19-3/h4-5,7-8H,6H2,1-3H3,(H,14,15)(H,16,17)/t8-/m0/s1. The Hall–Kier alpha value is -2.24. The molecule has 0 unspecified atom stereocenters. The van der Waals surface area contributed by atoms with E-state index in [-0.39, 0.29) is 12.3 Å². The van der Waals surface area contributed by atoms with Crippen LogP contribution in [-0.4, -0.2) is 37.2 Å². The summed E-state index contributed by atoms with van der Waals surface area (Å²) in [5, 5.41) is 11.1. The monoisotopic (exact) mass is 267 g/mol. The molecule has 1 aromatic carbocycles. The summed E-state index contributed by atoms with van der Waals surface area (Å²) < 4.78 is 10.2. The van der Waals surface area contributed by atoms with Gasteiger partial charge in [0.05, 0.1) is 20.6 Å². The molecule has 0 aliphatic carbocycles. The summed E-state index contributed by atoms with van der Waals surface area (Å²) in [6, 6.07) is 4.18. The van der Waals surface area contributed by atoms with Gasteiger partial charge in [0.15, 0.2) is 0 Å². The molecule has 1 rings (SSSR count). The molecular formula is C13H17NO5. The van der Waals surface area contributed by atoms with Gasteiger partial charge in [-0.25, -0.2) is 0 Å². The van der Waals surface area contributed by atoms with E-state index in [9.17, 15) is 9.59 Å². The Morgan fingerprint density at radius 1 is 1.21 bits per heavy atom. The fourth-order valence-electron chi connectivity index (χ4n) is 1.51. The highest BCUT2D eigenvalue weighted by Gasteiger charge is 2.14. The van der Waals surface area contributed by atoms with E-state index in [0.717, 1.165) is 0 Å². The summed E-state index contributed by atoms with van der Waals surface area (Å²) in [5.41, 5.74) is 0.686. The average Bonchev–Trinajstić information content (AvgIpc) is 2.37. The molecule has 1 atom stereocenters. The molecule has 1 amide bonds. The van der Waals surface area contributed by atoms with E-state index in [1.54, 1.807) is 18.2 Å². The number of ether oxygens (including phenoxy) is 2. The van der Waals surface area contributed by atoms with E-state index < -0.39 is 12.0 Å². The molecule has 0 bridgehead atoms. The van der Waals surface area contributed by atoms with Crippen molar-refractivity contribution in [3.8, 4) is 11.5 Å². The quantitative estimate of drug-likeness (QED) is 0.797. The Balaban J connectivity index is 2.75. The van der Waals surface area contributed by atoms with Gasteiger partial charge in [-0.15, -0.1) is 0 Å². The predicted molar refractivity (Wildman–Crippen MR) is 68.5 cm³/mol. The van der Waals surface area contributed by atoms with Crippen LogP contribution in [-0.2, 0) is 16.0 Å². The number of carboxylic acid groups (broad SMARTS) is 1. The molecule has 104 valence electrons. The number of hydrogen-bond donors (Lipinski definition) is 2. The second kappa shape index (κ2) is 6.63. The van der Waals surface area contributed by atoms with Crippen LogP contribution in [0.25, 0.3) is 0 Å². The largest absolute Gasteiger partial charge is 0.497 e. The van der Waals surface area contributed by atoms with Gasteiger partial charge in [-0.05, 0) is 24.6 Å². The third kappa shape index (κ3) is 4.50. The minimum Gasteiger partial charge on any atom is -0.497 e. The number of carboxylic acids is 1. The van der Waals surface area contributed by atoms with Crippen LogP contribution < -0.4 is 14.8 Å². The van der Waals surface area contributed by atoms with Crippen molar-refractivity contribution in [1.29, 1.82) is 0 Å². The molecule has 0 aromatic heterocycles. The third-order valence-corrected chi connectivity index (χ3v) is 2.52. The second-order valence-corrected chi connectivity index (χ2v) is 4.03. The fraction of sp³-hybridized carbons (Fsp3) is 0.385. The number of nitrogens with one attached hydrogen (secondary N) is 1. The lowest BCUT2D eigenvalue weighted by atomic mass is 10.1. The van der Waals surface area contributed by atoms with Crippen molar-refractivity contribution in [2.45, 2.75) is 19.4 Å². The van der Waals surface area contributed by atoms with Crippen LogP contribution in [0.15, 0.2) is 18.2 Å². The topological polar surface area (TPSA) is 84.9 Å². The molecule has 6 heteroatoms. The maximum Gasteiger partial charge on any atom is 0.325 e. The molecule has 0 saturated heterocycles. The van der Waals surface area contributed by atoms with Crippen LogP contribution >= 0.6 is 0 Å². The van der Waals surface area contributed by atoms with E-state index in [1.165, 1.54) is 21.1 Å². The van der Waals surface area contributed by atoms with Gasteiger partial charge < -0.3 is 19.9 Å². The Morgan fingerprint density at radius 2 is 1.74 bits per heavy atom. The van der Waals surface area contributed by atoms with Crippen LogP contribution in [0, 0.1) is 0 Å². The highest BCUT2D eigenvalue weighted by molar-refractivity contribution is 5.84. The maximum absolute atomic E-state index is 11.7. The molecule has 0 fully saturated rings. The first-order chi connectivity index (χ1) is 8.96. The normalized spacial score (nSPS) is 11.5. The van der Waals surface area contributed by atoms with E-state index in [0.29, 0.717) is 17.1 Å². The van der Waals surface area contributed by atoms with Gasteiger partial charge in [0, 0.05) is 6.07 Å². The maximum atomic E-state index is 11.7. The molecule has 19 heavy (non-hydrogen) atoms. The van der Waals surface area contributed by atoms with E-state index >= 15 is 0 Å². The zero-order valence-electron chi connectivity index (χ0n) is 11.1. The first kappa shape index (κ1) is 14.8. The summed E-state index contributed by atoms with van der Waals surface area (Å²) in [6.07, 6.45) is 0.0607. The molecule has 0 radical (unpaired) electrons. The highest BCUT2D eigenvalue weighted by atomic mass is 16.5.